The molecule has 7 heteroatoms. The third-order valence-electron chi connectivity index (χ3n) is 11.7. The van der Waals surface area contributed by atoms with E-state index in [2.05, 4.69) is 98.3 Å². The van der Waals surface area contributed by atoms with Gasteiger partial charge in [-0.05, 0) is 93.0 Å². The van der Waals surface area contributed by atoms with Crippen LogP contribution in [0.5, 0.6) is 0 Å². The van der Waals surface area contributed by atoms with E-state index in [1.54, 1.807) is 0 Å². The summed E-state index contributed by atoms with van der Waals surface area (Å²) in [6.45, 7) is 29.1. The van der Waals surface area contributed by atoms with E-state index >= 15 is 0 Å². The second kappa shape index (κ2) is 13.2. The van der Waals surface area contributed by atoms with E-state index in [9.17, 15) is 0 Å². The van der Waals surface area contributed by atoms with Crippen LogP contribution in [0.2, 0.25) is 36.3 Å². The number of hydrogen-bond acceptors (Lipinski definition) is 5. The molecule has 43 heavy (non-hydrogen) atoms. The minimum Gasteiger partial charge on any atom is -0.413 e. The van der Waals surface area contributed by atoms with Crippen LogP contribution < -0.4 is 0 Å². The zero-order valence-electron chi connectivity index (χ0n) is 29.5. The predicted molar refractivity (Wildman–Crippen MR) is 181 cm³/mol. The fraction of sp³-hybridized carbons (Fsp3) is 0.889. The van der Waals surface area contributed by atoms with Crippen LogP contribution in [0.1, 0.15) is 100 Å². The Bertz CT molecular complexity index is 1080. The monoisotopic (exact) mass is 630 g/mol. The average Bonchev–Trinajstić information content (AvgIpc) is 3.20. The topological polar surface area (TPSA) is 49.5 Å². The van der Waals surface area contributed by atoms with E-state index in [1.807, 2.05) is 6.92 Å². The molecule has 0 aromatic heterocycles. The predicted octanol–water partition coefficient (Wildman–Crippen LogP) is 8.55. The normalized spacial score (nSPS) is 33.9. The van der Waals surface area contributed by atoms with E-state index < -0.39 is 16.6 Å². The molecule has 0 aromatic carbocycles. The maximum atomic E-state index is 7.17. The lowest BCUT2D eigenvalue weighted by atomic mass is 9.89. The zero-order chi connectivity index (χ0) is 31.8. The molecule has 0 bridgehead atoms. The molecule has 2 aliphatic heterocycles. The summed E-state index contributed by atoms with van der Waals surface area (Å²) in [5.41, 5.74) is -0.0427. The van der Waals surface area contributed by atoms with Gasteiger partial charge in [0.05, 0.1) is 18.3 Å². The van der Waals surface area contributed by atoms with Gasteiger partial charge in [-0.2, -0.15) is 0 Å². The van der Waals surface area contributed by atoms with Gasteiger partial charge in [-0.25, -0.2) is 0 Å². The number of hydrogen-bond donors (Lipinski definition) is 0. The zero-order valence-corrected chi connectivity index (χ0v) is 31.5. The molecule has 4 aliphatic rings. The van der Waals surface area contributed by atoms with Gasteiger partial charge in [-0.15, -0.1) is 11.8 Å². The molecule has 2 saturated carbocycles. The van der Waals surface area contributed by atoms with E-state index in [-0.39, 0.29) is 46.2 Å². The molecule has 2 heterocycles. The molecule has 0 aromatic rings. The van der Waals surface area contributed by atoms with E-state index in [4.69, 9.17) is 23.1 Å². The molecule has 0 radical (unpaired) electrons. The molecule has 2 saturated heterocycles. The van der Waals surface area contributed by atoms with Crippen LogP contribution in [0.3, 0.4) is 0 Å². The lowest BCUT2D eigenvalue weighted by Gasteiger charge is -2.40. The maximum absolute atomic E-state index is 7.17. The molecular weight excluding hydrogens is 569 g/mol. The van der Waals surface area contributed by atoms with Crippen LogP contribution in [0.15, 0.2) is 0 Å². The lowest BCUT2D eigenvalue weighted by molar-refractivity contribution is -0.114. The average molecular weight is 631 g/mol. The first-order valence-electron chi connectivity index (χ1n) is 17.1. The van der Waals surface area contributed by atoms with Crippen LogP contribution in [-0.2, 0) is 23.1 Å². The number of rotatable bonds is 10. The summed E-state index contributed by atoms with van der Waals surface area (Å²) in [6, 6.07) is 0. The van der Waals surface area contributed by atoms with Crippen molar-refractivity contribution in [1.82, 2.24) is 0 Å². The molecule has 3 unspecified atom stereocenters. The fourth-order valence-electron chi connectivity index (χ4n) is 6.73. The second-order valence-corrected chi connectivity index (χ2v) is 26.5. The highest BCUT2D eigenvalue weighted by atomic mass is 28.4. The van der Waals surface area contributed by atoms with Crippen molar-refractivity contribution in [3.05, 3.63) is 0 Å². The Morgan fingerprint density at radius 1 is 1.00 bits per heavy atom. The van der Waals surface area contributed by atoms with Crippen molar-refractivity contribution in [2.75, 3.05) is 13.2 Å². The van der Waals surface area contributed by atoms with Crippen molar-refractivity contribution in [3.8, 4) is 23.7 Å². The van der Waals surface area contributed by atoms with Crippen molar-refractivity contribution < 1.29 is 23.1 Å². The molecule has 4 rings (SSSR count). The smallest absolute Gasteiger partial charge is 0.193 e. The summed E-state index contributed by atoms with van der Waals surface area (Å²) in [5, 5.41) is 0.293. The van der Waals surface area contributed by atoms with Gasteiger partial charge in [0.1, 0.15) is 12.2 Å². The standard InChI is InChI=1S/C36H62O5Si2/c1-13-14-15-17-26(2)30(40-42(9,10)34(3,4)5)20-19-28-29-24-36(32(39-36)25-38-33-18-16-21-37-33)23-27(29)22-31(28)41-43(11,12)35(6,7)8/h26-33H,15-18,21-25H2,1-12H3/t26-,27-,28+,29-,30+,31+,32?,33?,36?/m0/s1. The van der Waals surface area contributed by atoms with Crippen molar-refractivity contribution in [1.29, 1.82) is 0 Å². The SMILES string of the molecule is CC#CCC[C@H](C)[C@@H](C#C[C@@H]1[C@H]2CC3(C[C@@H]2C[C@H]1O[Si](C)(C)C(C)(C)C)OC3COC1CCCO1)O[Si](C)(C)C(C)(C)C. The molecule has 2 aliphatic carbocycles. The molecule has 4 fully saturated rings. The van der Waals surface area contributed by atoms with Crippen molar-refractivity contribution in [2.45, 2.75) is 167 Å². The number of ether oxygens (including phenoxy) is 3. The Morgan fingerprint density at radius 2 is 1.70 bits per heavy atom. The molecule has 9 atom stereocenters. The van der Waals surface area contributed by atoms with Crippen LogP contribution in [-0.4, -0.2) is 60.1 Å². The van der Waals surface area contributed by atoms with Crippen molar-refractivity contribution >= 4 is 16.6 Å². The van der Waals surface area contributed by atoms with Crippen molar-refractivity contribution in [2.24, 2.45) is 23.7 Å². The van der Waals surface area contributed by atoms with Crippen LogP contribution >= 0.6 is 0 Å². The summed E-state index contributed by atoms with van der Waals surface area (Å²) < 4.78 is 32.4. The van der Waals surface area contributed by atoms with E-state index in [1.165, 1.54) is 0 Å². The van der Waals surface area contributed by atoms with E-state index in [0.29, 0.717) is 24.4 Å². The molecule has 0 N–H and O–H groups in total. The van der Waals surface area contributed by atoms with Crippen molar-refractivity contribution in [3.63, 3.8) is 0 Å². The highest BCUT2D eigenvalue weighted by molar-refractivity contribution is 6.74. The third kappa shape index (κ3) is 8.20. The van der Waals surface area contributed by atoms with Crippen LogP contribution in [0.25, 0.3) is 0 Å². The Hall–Kier alpha value is -0.646. The fourth-order valence-corrected chi connectivity index (χ4v) is 9.36. The molecule has 1 spiro atoms. The highest BCUT2D eigenvalue weighted by Crippen LogP contribution is 2.61. The summed E-state index contributed by atoms with van der Waals surface area (Å²) in [7, 11) is -3.97. The van der Waals surface area contributed by atoms with Gasteiger partial charge < -0.3 is 23.1 Å². The van der Waals surface area contributed by atoms with Gasteiger partial charge in [-0.1, -0.05) is 60.3 Å². The Labute approximate surface area is 266 Å². The summed E-state index contributed by atoms with van der Waals surface area (Å²) in [6.07, 6.45) is 7.43. The van der Waals surface area contributed by atoms with Gasteiger partial charge in [0.25, 0.3) is 0 Å². The van der Waals surface area contributed by atoms with Crippen LogP contribution in [0, 0.1) is 47.4 Å². The largest absolute Gasteiger partial charge is 0.413 e. The molecular formula is C36H62O5Si2. The quantitative estimate of drug-likeness (QED) is 0.138. The van der Waals surface area contributed by atoms with Gasteiger partial charge in [-0.3, -0.25) is 0 Å². The second-order valence-electron chi connectivity index (χ2n) is 17.0. The molecule has 0 amide bonds. The summed E-state index contributed by atoms with van der Waals surface area (Å²) in [4.78, 5) is 0. The summed E-state index contributed by atoms with van der Waals surface area (Å²) >= 11 is 0. The highest BCUT2D eigenvalue weighted by Gasteiger charge is 2.66. The Morgan fingerprint density at radius 3 is 2.30 bits per heavy atom. The number of fused-ring (bicyclic) bond motifs is 1. The van der Waals surface area contributed by atoms with Crippen LogP contribution in [0.4, 0.5) is 0 Å². The first-order chi connectivity index (χ1) is 19.9. The van der Waals surface area contributed by atoms with Gasteiger partial charge in [0.15, 0.2) is 22.9 Å². The first kappa shape index (κ1) is 35.2. The Kier molecular flexibility index (Phi) is 10.8. The van der Waals surface area contributed by atoms with E-state index in [0.717, 1.165) is 51.6 Å². The third-order valence-corrected chi connectivity index (χ3v) is 20.7. The minimum atomic E-state index is -2.01. The minimum absolute atomic E-state index is 0.0427. The number of epoxide rings is 1. The molecule has 5 nitrogen and oxygen atoms in total. The molecule has 244 valence electrons. The van der Waals surface area contributed by atoms with Gasteiger partial charge in [0.2, 0.25) is 0 Å². The first-order valence-corrected chi connectivity index (χ1v) is 22.9. The maximum Gasteiger partial charge on any atom is 0.193 e. The Balaban J connectivity index is 1.56. The summed E-state index contributed by atoms with van der Waals surface area (Å²) in [5.74, 6) is 15.6. The van der Waals surface area contributed by atoms with Gasteiger partial charge in [0, 0.05) is 25.4 Å². The van der Waals surface area contributed by atoms with Gasteiger partial charge >= 0.3 is 0 Å². The lowest BCUT2D eigenvalue weighted by Crippen LogP contribution is -2.45.